The molecule has 0 spiro atoms. The molecule has 3 rings (SSSR count). The number of aromatic amines is 1. The summed E-state index contributed by atoms with van der Waals surface area (Å²) in [5.41, 5.74) is 6.88. The van der Waals surface area contributed by atoms with Crippen LogP contribution >= 0.6 is 11.6 Å². The van der Waals surface area contributed by atoms with E-state index in [4.69, 9.17) is 16.6 Å². The highest BCUT2D eigenvalue weighted by Crippen LogP contribution is 2.32. The summed E-state index contributed by atoms with van der Waals surface area (Å²) in [6.45, 7) is 8.33. The van der Waals surface area contributed by atoms with Crippen molar-refractivity contribution in [3.63, 3.8) is 0 Å². The third-order valence-corrected chi connectivity index (χ3v) is 4.04. The monoisotopic (exact) mass is 299 g/mol. The Kier molecular flexibility index (Phi) is 3.46. The van der Waals surface area contributed by atoms with Crippen LogP contribution in [0.4, 0.5) is 0 Å². The lowest BCUT2D eigenvalue weighted by atomic mass is 10.0. The molecule has 3 aromatic rings. The van der Waals surface area contributed by atoms with Gasteiger partial charge in [0.05, 0.1) is 21.7 Å². The van der Waals surface area contributed by atoms with Crippen LogP contribution < -0.4 is 0 Å². The Morgan fingerprint density at radius 2 is 1.90 bits per heavy atom. The smallest absolute Gasteiger partial charge is 0.0916 e. The fraction of sp³-hybridized carbons (Fsp3) is 0.294. The summed E-state index contributed by atoms with van der Waals surface area (Å²) in [5.74, 6) is 0.413. The summed E-state index contributed by atoms with van der Waals surface area (Å²) >= 11 is 6.41. The number of fused-ring (bicyclic) bond motifs is 1. The van der Waals surface area contributed by atoms with Crippen LogP contribution in [0.25, 0.3) is 22.3 Å². The van der Waals surface area contributed by atoms with Gasteiger partial charge in [0.15, 0.2) is 0 Å². The van der Waals surface area contributed by atoms with Gasteiger partial charge in [0.2, 0.25) is 0 Å². The van der Waals surface area contributed by atoms with Crippen LogP contribution in [0.1, 0.15) is 36.7 Å². The molecule has 0 saturated heterocycles. The predicted molar refractivity (Wildman–Crippen MR) is 87.9 cm³/mol. The van der Waals surface area contributed by atoms with Gasteiger partial charge in [0.25, 0.3) is 0 Å². The predicted octanol–water partition coefficient (Wildman–Crippen LogP) is 5.02. The van der Waals surface area contributed by atoms with Gasteiger partial charge in [-0.3, -0.25) is 4.98 Å². The summed E-state index contributed by atoms with van der Waals surface area (Å²) in [5, 5.41) is 0.645. The van der Waals surface area contributed by atoms with Gasteiger partial charge in [-0.1, -0.05) is 25.4 Å². The topological polar surface area (TPSA) is 41.6 Å². The summed E-state index contributed by atoms with van der Waals surface area (Å²) in [6.07, 6.45) is 1.95. The Hall–Kier alpha value is -1.87. The van der Waals surface area contributed by atoms with Crippen LogP contribution in [0.3, 0.4) is 0 Å². The maximum absolute atomic E-state index is 6.41. The molecule has 0 saturated carbocycles. The quantitative estimate of drug-likeness (QED) is 0.722. The van der Waals surface area contributed by atoms with Crippen molar-refractivity contribution >= 4 is 22.6 Å². The first kappa shape index (κ1) is 14.1. The largest absolute Gasteiger partial charge is 0.360 e. The molecule has 3 heterocycles. The van der Waals surface area contributed by atoms with Crippen molar-refractivity contribution in [3.8, 4) is 11.3 Å². The van der Waals surface area contributed by atoms with E-state index in [0.29, 0.717) is 10.9 Å². The lowest BCUT2D eigenvalue weighted by Gasteiger charge is -2.11. The molecule has 1 N–H and O–H groups in total. The standard InChI is InChI=1S/C17H18ClN3/c1-9(2)14-6-5-12(11(4)20-14)17-13(18)7-15-16(21-17)10(3)8-19-15/h5-9,19H,1-4H3. The van der Waals surface area contributed by atoms with Crippen molar-refractivity contribution in [1.82, 2.24) is 15.0 Å². The summed E-state index contributed by atoms with van der Waals surface area (Å²) in [6, 6.07) is 6.06. The van der Waals surface area contributed by atoms with Crippen molar-refractivity contribution in [3.05, 3.63) is 46.4 Å². The molecule has 0 aliphatic carbocycles. The molecule has 108 valence electrons. The minimum atomic E-state index is 0.413. The number of H-pyrrole nitrogens is 1. The molecule has 3 nitrogen and oxygen atoms in total. The normalized spacial score (nSPS) is 11.5. The molecular weight excluding hydrogens is 282 g/mol. The second kappa shape index (κ2) is 5.15. The molecule has 0 aliphatic heterocycles. The van der Waals surface area contributed by atoms with Crippen LogP contribution in [-0.2, 0) is 0 Å². The Bertz CT molecular complexity index is 818. The van der Waals surface area contributed by atoms with E-state index >= 15 is 0 Å². The Balaban J connectivity index is 2.20. The molecule has 3 aromatic heterocycles. The highest BCUT2D eigenvalue weighted by atomic mass is 35.5. The zero-order valence-corrected chi connectivity index (χ0v) is 13.4. The minimum absolute atomic E-state index is 0.413. The number of pyridine rings is 2. The second-order valence-corrected chi connectivity index (χ2v) is 6.12. The average Bonchev–Trinajstić information content (AvgIpc) is 2.79. The number of rotatable bonds is 2. The van der Waals surface area contributed by atoms with E-state index in [9.17, 15) is 0 Å². The number of aryl methyl sites for hydroxylation is 2. The van der Waals surface area contributed by atoms with E-state index < -0.39 is 0 Å². The van der Waals surface area contributed by atoms with Crippen LogP contribution in [0, 0.1) is 13.8 Å². The highest BCUT2D eigenvalue weighted by molar-refractivity contribution is 6.33. The average molecular weight is 300 g/mol. The van der Waals surface area contributed by atoms with Gasteiger partial charge in [0.1, 0.15) is 0 Å². The Morgan fingerprint density at radius 1 is 1.14 bits per heavy atom. The number of nitrogens with zero attached hydrogens (tertiary/aromatic N) is 2. The molecule has 0 aliphatic rings. The first-order valence-electron chi connectivity index (χ1n) is 7.09. The summed E-state index contributed by atoms with van der Waals surface area (Å²) in [4.78, 5) is 12.6. The molecule has 21 heavy (non-hydrogen) atoms. The van der Waals surface area contributed by atoms with Crippen molar-refractivity contribution in [1.29, 1.82) is 0 Å². The SMILES string of the molecule is Cc1nc(C(C)C)ccc1-c1nc2c(C)c[nH]c2cc1Cl. The van der Waals surface area contributed by atoms with Crippen LogP contribution in [0.2, 0.25) is 5.02 Å². The summed E-state index contributed by atoms with van der Waals surface area (Å²) in [7, 11) is 0. The van der Waals surface area contributed by atoms with E-state index in [1.807, 2.05) is 26.1 Å². The molecule has 0 aromatic carbocycles. The fourth-order valence-electron chi connectivity index (χ4n) is 2.50. The van der Waals surface area contributed by atoms with Crippen molar-refractivity contribution in [2.75, 3.05) is 0 Å². The van der Waals surface area contributed by atoms with E-state index in [1.165, 1.54) is 0 Å². The van der Waals surface area contributed by atoms with E-state index in [1.54, 1.807) is 0 Å². The molecular formula is C17H18ClN3. The van der Waals surface area contributed by atoms with Crippen molar-refractivity contribution < 1.29 is 0 Å². The lowest BCUT2D eigenvalue weighted by Crippen LogP contribution is -1.98. The Labute approximate surface area is 129 Å². The fourth-order valence-corrected chi connectivity index (χ4v) is 2.75. The van der Waals surface area contributed by atoms with Gasteiger partial charge in [-0.25, -0.2) is 4.98 Å². The number of halogens is 1. The van der Waals surface area contributed by atoms with E-state index in [-0.39, 0.29) is 0 Å². The molecule has 0 unspecified atom stereocenters. The zero-order chi connectivity index (χ0) is 15.1. The molecule has 0 atom stereocenters. The highest BCUT2D eigenvalue weighted by Gasteiger charge is 2.14. The molecule has 4 heteroatoms. The van der Waals surface area contributed by atoms with Crippen molar-refractivity contribution in [2.45, 2.75) is 33.6 Å². The van der Waals surface area contributed by atoms with Gasteiger partial charge >= 0.3 is 0 Å². The van der Waals surface area contributed by atoms with Gasteiger partial charge < -0.3 is 4.98 Å². The number of hydrogen-bond donors (Lipinski definition) is 1. The van der Waals surface area contributed by atoms with Crippen molar-refractivity contribution in [2.24, 2.45) is 0 Å². The molecule has 0 radical (unpaired) electrons. The minimum Gasteiger partial charge on any atom is -0.360 e. The molecule has 0 fully saturated rings. The third-order valence-electron chi connectivity index (χ3n) is 3.75. The van der Waals surface area contributed by atoms with E-state index in [2.05, 4.69) is 35.9 Å². The molecule has 0 bridgehead atoms. The maximum Gasteiger partial charge on any atom is 0.0916 e. The number of nitrogens with one attached hydrogen (secondary N) is 1. The van der Waals surface area contributed by atoms with Crippen LogP contribution in [-0.4, -0.2) is 15.0 Å². The summed E-state index contributed by atoms with van der Waals surface area (Å²) < 4.78 is 0. The number of hydrogen-bond acceptors (Lipinski definition) is 2. The van der Waals surface area contributed by atoms with Gasteiger partial charge in [0, 0.05) is 23.1 Å². The van der Waals surface area contributed by atoms with Gasteiger partial charge in [-0.2, -0.15) is 0 Å². The third kappa shape index (κ3) is 2.42. The van der Waals surface area contributed by atoms with Crippen LogP contribution in [0.5, 0.6) is 0 Å². The maximum atomic E-state index is 6.41. The first-order chi connectivity index (χ1) is 9.97. The van der Waals surface area contributed by atoms with Crippen LogP contribution in [0.15, 0.2) is 24.4 Å². The molecule has 0 amide bonds. The lowest BCUT2D eigenvalue weighted by molar-refractivity contribution is 0.816. The zero-order valence-electron chi connectivity index (χ0n) is 12.7. The Morgan fingerprint density at radius 3 is 2.57 bits per heavy atom. The van der Waals surface area contributed by atoms with E-state index in [0.717, 1.165) is 39.2 Å². The second-order valence-electron chi connectivity index (χ2n) is 5.71. The first-order valence-corrected chi connectivity index (χ1v) is 7.47. The van der Waals surface area contributed by atoms with Gasteiger partial charge in [-0.05, 0) is 43.5 Å². The van der Waals surface area contributed by atoms with Gasteiger partial charge in [-0.15, -0.1) is 0 Å². The number of aromatic nitrogens is 3.